The van der Waals surface area contributed by atoms with Crippen LogP contribution >= 0.6 is 0 Å². The molecular weight excluding hydrogens is 228 g/mol. The van der Waals surface area contributed by atoms with Crippen LogP contribution in [0.1, 0.15) is 36.8 Å². The third kappa shape index (κ3) is 2.90. The Morgan fingerprint density at radius 1 is 1.22 bits per heavy atom. The molecule has 0 aliphatic heterocycles. The molecule has 0 aromatic carbocycles. The zero-order chi connectivity index (χ0) is 13.1. The predicted molar refractivity (Wildman–Crippen MR) is 69.5 cm³/mol. The highest BCUT2D eigenvalue weighted by Crippen LogP contribution is 2.24. The zero-order valence-electron chi connectivity index (χ0n) is 10.9. The number of nitrogens with zero attached hydrogens (tertiary/aromatic N) is 1. The molecule has 0 amide bonds. The van der Waals surface area contributed by atoms with Crippen LogP contribution in [0.4, 0.5) is 0 Å². The molecule has 96 valence electrons. The van der Waals surface area contributed by atoms with Gasteiger partial charge in [0.25, 0.3) is 0 Å². The van der Waals surface area contributed by atoms with Gasteiger partial charge < -0.3 is 14.9 Å². The summed E-state index contributed by atoms with van der Waals surface area (Å²) in [5, 5.41) is 0. The normalized spacial score (nSPS) is 12.7. The molecule has 2 aromatic rings. The molecule has 0 bridgehead atoms. The Kier molecular flexibility index (Phi) is 3.67. The summed E-state index contributed by atoms with van der Waals surface area (Å²) in [5.41, 5.74) is 8.03. The lowest BCUT2D eigenvalue weighted by atomic mass is 10.0. The molecule has 0 radical (unpaired) electrons. The number of hydrogen-bond acceptors (Lipinski definition) is 4. The molecule has 2 N–H and O–H groups in total. The number of pyridine rings is 1. The topological polar surface area (TPSA) is 61.3 Å². The molecule has 2 rings (SSSR count). The first-order valence-electron chi connectivity index (χ1n) is 5.98. The van der Waals surface area contributed by atoms with Gasteiger partial charge in [-0.3, -0.25) is 4.98 Å². The summed E-state index contributed by atoms with van der Waals surface area (Å²) in [6.07, 6.45) is 5.24. The van der Waals surface area contributed by atoms with Crippen LogP contribution < -0.4 is 10.5 Å². The molecule has 0 saturated heterocycles. The van der Waals surface area contributed by atoms with Crippen molar-refractivity contribution in [1.29, 1.82) is 0 Å². The van der Waals surface area contributed by atoms with Crippen molar-refractivity contribution in [3.05, 3.63) is 47.7 Å². The molecule has 2 aromatic heterocycles. The van der Waals surface area contributed by atoms with Gasteiger partial charge in [-0.15, -0.1) is 0 Å². The van der Waals surface area contributed by atoms with E-state index in [0.717, 1.165) is 22.6 Å². The summed E-state index contributed by atoms with van der Waals surface area (Å²) < 4.78 is 10.9. The van der Waals surface area contributed by atoms with Crippen molar-refractivity contribution in [1.82, 2.24) is 4.98 Å². The van der Waals surface area contributed by atoms with E-state index in [1.807, 2.05) is 32.9 Å². The number of ether oxygens (including phenoxy) is 1. The SMILES string of the molecule is Cc1cc(C(N)c2cncc(OC(C)C)c2)co1. The van der Waals surface area contributed by atoms with E-state index in [4.69, 9.17) is 14.9 Å². The van der Waals surface area contributed by atoms with Crippen molar-refractivity contribution in [3.8, 4) is 5.75 Å². The van der Waals surface area contributed by atoms with Crippen molar-refractivity contribution in [2.24, 2.45) is 5.73 Å². The number of hydrogen-bond donors (Lipinski definition) is 1. The average molecular weight is 246 g/mol. The number of rotatable bonds is 4. The first kappa shape index (κ1) is 12.6. The van der Waals surface area contributed by atoms with E-state index in [9.17, 15) is 0 Å². The predicted octanol–water partition coefficient (Wildman–Crippen LogP) is 2.82. The van der Waals surface area contributed by atoms with Crippen molar-refractivity contribution < 1.29 is 9.15 Å². The molecule has 0 saturated carbocycles. The number of furan rings is 1. The van der Waals surface area contributed by atoms with Crippen LogP contribution in [0.15, 0.2) is 35.2 Å². The van der Waals surface area contributed by atoms with Crippen LogP contribution in [0, 0.1) is 6.92 Å². The molecule has 0 fully saturated rings. The summed E-state index contributed by atoms with van der Waals surface area (Å²) in [6.45, 7) is 5.85. The van der Waals surface area contributed by atoms with E-state index in [2.05, 4.69) is 4.98 Å². The molecule has 0 aliphatic carbocycles. The molecule has 4 heteroatoms. The van der Waals surface area contributed by atoms with Gasteiger partial charge in [-0.05, 0) is 38.5 Å². The Balaban J connectivity index is 2.22. The molecule has 2 heterocycles. The summed E-state index contributed by atoms with van der Waals surface area (Å²) in [6, 6.07) is 3.60. The monoisotopic (exact) mass is 246 g/mol. The summed E-state index contributed by atoms with van der Waals surface area (Å²) in [4.78, 5) is 4.16. The highest BCUT2D eigenvalue weighted by Gasteiger charge is 2.12. The molecule has 0 aliphatic rings. The van der Waals surface area contributed by atoms with Gasteiger partial charge in [0, 0.05) is 11.8 Å². The Labute approximate surface area is 107 Å². The van der Waals surface area contributed by atoms with E-state index in [1.165, 1.54) is 0 Å². The Hall–Kier alpha value is -1.81. The molecule has 4 nitrogen and oxygen atoms in total. The maximum absolute atomic E-state index is 6.17. The van der Waals surface area contributed by atoms with Crippen molar-refractivity contribution >= 4 is 0 Å². The van der Waals surface area contributed by atoms with Gasteiger partial charge in [-0.1, -0.05) is 0 Å². The van der Waals surface area contributed by atoms with E-state index in [1.54, 1.807) is 18.7 Å². The fraction of sp³-hybridized carbons (Fsp3) is 0.357. The van der Waals surface area contributed by atoms with Crippen LogP contribution in [-0.4, -0.2) is 11.1 Å². The molecule has 1 atom stereocenters. The first-order chi connectivity index (χ1) is 8.56. The fourth-order valence-electron chi connectivity index (χ4n) is 1.76. The molecule has 1 unspecified atom stereocenters. The van der Waals surface area contributed by atoms with Crippen molar-refractivity contribution in [2.75, 3.05) is 0 Å². The van der Waals surface area contributed by atoms with Gasteiger partial charge in [0.1, 0.15) is 11.5 Å². The summed E-state index contributed by atoms with van der Waals surface area (Å²) in [5.74, 6) is 1.58. The van der Waals surface area contributed by atoms with E-state index in [-0.39, 0.29) is 12.1 Å². The van der Waals surface area contributed by atoms with Gasteiger partial charge >= 0.3 is 0 Å². The Morgan fingerprint density at radius 2 is 2.00 bits per heavy atom. The van der Waals surface area contributed by atoms with Crippen LogP contribution in [0.2, 0.25) is 0 Å². The van der Waals surface area contributed by atoms with E-state index >= 15 is 0 Å². The maximum atomic E-state index is 6.17. The third-order valence-corrected chi connectivity index (χ3v) is 2.58. The molecule has 0 spiro atoms. The van der Waals surface area contributed by atoms with Gasteiger partial charge in [-0.2, -0.15) is 0 Å². The minimum Gasteiger partial charge on any atom is -0.489 e. The quantitative estimate of drug-likeness (QED) is 0.901. The lowest BCUT2D eigenvalue weighted by Crippen LogP contribution is -2.12. The van der Waals surface area contributed by atoms with Gasteiger partial charge in [0.2, 0.25) is 0 Å². The van der Waals surface area contributed by atoms with Gasteiger partial charge in [0.15, 0.2) is 0 Å². The van der Waals surface area contributed by atoms with Crippen LogP contribution in [0.3, 0.4) is 0 Å². The van der Waals surface area contributed by atoms with Crippen molar-refractivity contribution in [2.45, 2.75) is 32.9 Å². The lowest BCUT2D eigenvalue weighted by molar-refractivity contribution is 0.241. The largest absolute Gasteiger partial charge is 0.489 e. The zero-order valence-corrected chi connectivity index (χ0v) is 10.9. The number of aryl methyl sites for hydroxylation is 1. The number of aromatic nitrogens is 1. The highest BCUT2D eigenvalue weighted by atomic mass is 16.5. The van der Waals surface area contributed by atoms with E-state index < -0.39 is 0 Å². The smallest absolute Gasteiger partial charge is 0.138 e. The molecular formula is C14H18N2O2. The highest BCUT2D eigenvalue weighted by molar-refractivity contribution is 5.32. The van der Waals surface area contributed by atoms with Crippen molar-refractivity contribution in [3.63, 3.8) is 0 Å². The second-order valence-electron chi connectivity index (χ2n) is 4.59. The minimum atomic E-state index is -0.245. The van der Waals surface area contributed by atoms with Crippen LogP contribution in [0.25, 0.3) is 0 Å². The second kappa shape index (κ2) is 5.23. The van der Waals surface area contributed by atoms with Gasteiger partial charge in [0.05, 0.1) is 24.6 Å². The average Bonchev–Trinajstić information content (AvgIpc) is 2.74. The molecule has 18 heavy (non-hydrogen) atoms. The Bertz CT molecular complexity index is 520. The summed E-state index contributed by atoms with van der Waals surface area (Å²) in [7, 11) is 0. The lowest BCUT2D eigenvalue weighted by Gasteiger charge is -2.13. The van der Waals surface area contributed by atoms with Crippen LogP contribution in [-0.2, 0) is 0 Å². The standard InChI is InChI=1S/C14H18N2O2/c1-9(2)18-13-5-11(6-16-7-13)14(15)12-4-10(3)17-8-12/h4-9,14H,15H2,1-3H3. The third-order valence-electron chi connectivity index (χ3n) is 2.58. The second-order valence-corrected chi connectivity index (χ2v) is 4.59. The minimum absolute atomic E-state index is 0.120. The maximum Gasteiger partial charge on any atom is 0.138 e. The number of nitrogens with two attached hydrogens (primary N) is 1. The first-order valence-corrected chi connectivity index (χ1v) is 5.98. The Morgan fingerprint density at radius 3 is 2.61 bits per heavy atom. The van der Waals surface area contributed by atoms with Crippen LogP contribution in [0.5, 0.6) is 5.75 Å². The van der Waals surface area contributed by atoms with E-state index in [0.29, 0.717) is 0 Å². The summed E-state index contributed by atoms with van der Waals surface area (Å²) >= 11 is 0. The van der Waals surface area contributed by atoms with Gasteiger partial charge in [-0.25, -0.2) is 0 Å². The fourth-order valence-corrected chi connectivity index (χ4v) is 1.76.